The molecular formula is C9H9ClO3. The number of furan rings is 1. The third kappa shape index (κ3) is 1.56. The summed E-state index contributed by atoms with van der Waals surface area (Å²) >= 11 is 5.66. The topological polar surface area (TPSA) is 50.4 Å². The molecule has 70 valence electrons. The molecule has 1 aliphatic rings. The second kappa shape index (κ2) is 3.07. The minimum absolute atomic E-state index is 0.310. The Morgan fingerprint density at radius 3 is 3.15 bits per heavy atom. The Morgan fingerprint density at radius 2 is 2.46 bits per heavy atom. The van der Waals surface area contributed by atoms with Gasteiger partial charge in [0.1, 0.15) is 5.76 Å². The molecule has 0 saturated carbocycles. The molecule has 1 heterocycles. The first-order valence-electron chi connectivity index (χ1n) is 4.16. The molecule has 1 atom stereocenters. The summed E-state index contributed by atoms with van der Waals surface area (Å²) in [4.78, 5) is 10.7. The Morgan fingerprint density at radius 1 is 1.69 bits per heavy atom. The number of aryl methyl sites for hydroxylation is 1. The van der Waals surface area contributed by atoms with Gasteiger partial charge in [-0.3, -0.25) is 4.79 Å². The Hall–Kier alpha value is -0.960. The van der Waals surface area contributed by atoms with E-state index in [0.29, 0.717) is 18.1 Å². The summed E-state index contributed by atoms with van der Waals surface area (Å²) in [7, 11) is 0. The maximum Gasteiger partial charge on any atom is 0.306 e. The van der Waals surface area contributed by atoms with Crippen molar-refractivity contribution in [1.82, 2.24) is 0 Å². The fourth-order valence-electron chi connectivity index (χ4n) is 1.68. The van der Waals surface area contributed by atoms with Crippen LogP contribution < -0.4 is 0 Å². The monoisotopic (exact) mass is 200 g/mol. The van der Waals surface area contributed by atoms with Gasteiger partial charge < -0.3 is 9.52 Å². The fourth-order valence-corrected chi connectivity index (χ4v) is 1.91. The number of aliphatic carboxylic acids is 1. The summed E-state index contributed by atoms with van der Waals surface area (Å²) < 4.78 is 5.19. The number of hydrogen-bond donors (Lipinski definition) is 1. The maximum atomic E-state index is 10.7. The van der Waals surface area contributed by atoms with Crippen molar-refractivity contribution in [3.63, 3.8) is 0 Å². The number of rotatable bonds is 1. The second-order valence-electron chi connectivity index (χ2n) is 3.28. The van der Waals surface area contributed by atoms with Gasteiger partial charge in [0.15, 0.2) is 5.22 Å². The van der Waals surface area contributed by atoms with Gasteiger partial charge >= 0.3 is 5.97 Å². The van der Waals surface area contributed by atoms with Gasteiger partial charge in [0.05, 0.1) is 5.92 Å². The number of fused-ring (bicyclic) bond motifs is 1. The highest BCUT2D eigenvalue weighted by atomic mass is 35.5. The molecule has 0 radical (unpaired) electrons. The standard InChI is InChI=1S/C9H9ClO3/c10-8-4-5-1-2-6(9(11)12)3-7(5)13-8/h4,6H,1-3H2,(H,11,12). The number of hydrogen-bond acceptors (Lipinski definition) is 2. The predicted molar refractivity (Wildman–Crippen MR) is 46.9 cm³/mol. The van der Waals surface area contributed by atoms with Crippen LogP contribution in [0.4, 0.5) is 0 Å². The zero-order valence-corrected chi connectivity index (χ0v) is 7.67. The molecule has 3 nitrogen and oxygen atoms in total. The van der Waals surface area contributed by atoms with Crippen LogP contribution in [0.3, 0.4) is 0 Å². The van der Waals surface area contributed by atoms with Crippen LogP contribution in [0.5, 0.6) is 0 Å². The van der Waals surface area contributed by atoms with E-state index in [0.717, 1.165) is 17.7 Å². The lowest BCUT2D eigenvalue weighted by Crippen LogP contribution is -2.21. The van der Waals surface area contributed by atoms with E-state index in [1.54, 1.807) is 6.07 Å². The lowest BCUT2D eigenvalue weighted by molar-refractivity contribution is -0.142. The highest BCUT2D eigenvalue weighted by molar-refractivity contribution is 6.28. The molecule has 1 aromatic rings. The molecule has 4 heteroatoms. The molecule has 0 saturated heterocycles. The van der Waals surface area contributed by atoms with Crippen molar-refractivity contribution >= 4 is 17.6 Å². The van der Waals surface area contributed by atoms with Crippen molar-refractivity contribution in [1.29, 1.82) is 0 Å². The summed E-state index contributed by atoms with van der Waals surface area (Å²) in [6.45, 7) is 0. The van der Waals surface area contributed by atoms with Crippen LogP contribution in [0.1, 0.15) is 17.7 Å². The molecule has 1 N–H and O–H groups in total. The molecule has 0 aliphatic heterocycles. The highest BCUT2D eigenvalue weighted by Gasteiger charge is 2.26. The van der Waals surface area contributed by atoms with Crippen molar-refractivity contribution in [3.05, 3.63) is 22.6 Å². The van der Waals surface area contributed by atoms with Crippen LogP contribution in [0.2, 0.25) is 5.22 Å². The van der Waals surface area contributed by atoms with Crippen LogP contribution in [0.15, 0.2) is 10.5 Å². The lowest BCUT2D eigenvalue weighted by atomic mass is 9.89. The largest absolute Gasteiger partial charge is 0.481 e. The van der Waals surface area contributed by atoms with Crippen molar-refractivity contribution in [2.75, 3.05) is 0 Å². The molecule has 1 aliphatic carbocycles. The van der Waals surface area contributed by atoms with E-state index in [-0.39, 0.29) is 5.92 Å². The zero-order valence-electron chi connectivity index (χ0n) is 6.92. The van der Waals surface area contributed by atoms with E-state index >= 15 is 0 Å². The lowest BCUT2D eigenvalue weighted by Gasteiger charge is -2.16. The smallest absolute Gasteiger partial charge is 0.306 e. The summed E-state index contributed by atoms with van der Waals surface area (Å²) in [6.07, 6.45) is 1.90. The van der Waals surface area contributed by atoms with Gasteiger partial charge in [-0.15, -0.1) is 0 Å². The van der Waals surface area contributed by atoms with Gasteiger partial charge in [-0.05, 0) is 36.1 Å². The van der Waals surface area contributed by atoms with E-state index < -0.39 is 5.97 Å². The quantitative estimate of drug-likeness (QED) is 0.756. The van der Waals surface area contributed by atoms with Gasteiger partial charge in [-0.25, -0.2) is 0 Å². The van der Waals surface area contributed by atoms with Crippen LogP contribution in [-0.2, 0) is 17.6 Å². The van der Waals surface area contributed by atoms with Crippen molar-refractivity contribution in [2.24, 2.45) is 5.92 Å². The van der Waals surface area contributed by atoms with Crippen LogP contribution in [0.25, 0.3) is 0 Å². The molecule has 13 heavy (non-hydrogen) atoms. The first-order valence-corrected chi connectivity index (χ1v) is 4.54. The SMILES string of the molecule is O=C(O)C1CCc2cc(Cl)oc2C1. The Balaban J connectivity index is 2.24. The first kappa shape index (κ1) is 8.63. The average molecular weight is 201 g/mol. The molecule has 0 fully saturated rings. The number of halogens is 1. The molecule has 2 rings (SSSR count). The fraction of sp³-hybridized carbons (Fsp3) is 0.444. The second-order valence-corrected chi connectivity index (χ2v) is 3.65. The van der Waals surface area contributed by atoms with Gasteiger partial charge in [0.25, 0.3) is 0 Å². The van der Waals surface area contributed by atoms with Crippen LogP contribution in [-0.4, -0.2) is 11.1 Å². The average Bonchev–Trinajstić information content (AvgIpc) is 2.42. The number of carbonyl (C=O) groups is 1. The summed E-state index contributed by atoms with van der Waals surface area (Å²) in [5, 5.41) is 9.15. The summed E-state index contributed by atoms with van der Waals surface area (Å²) in [5.74, 6) is -0.323. The molecule has 1 unspecified atom stereocenters. The van der Waals surface area contributed by atoms with Crippen LogP contribution >= 0.6 is 11.6 Å². The third-order valence-corrected chi connectivity index (χ3v) is 2.60. The highest BCUT2D eigenvalue weighted by Crippen LogP contribution is 2.30. The van der Waals surface area contributed by atoms with Crippen LogP contribution in [0, 0.1) is 5.92 Å². The van der Waals surface area contributed by atoms with Gasteiger partial charge in [0.2, 0.25) is 0 Å². The van der Waals surface area contributed by atoms with E-state index in [4.69, 9.17) is 21.1 Å². The Labute approximate surface area is 80.3 Å². The molecule has 0 spiro atoms. The summed E-state index contributed by atoms with van der Waals surface area (Å²) in [6, 6.07) is 1.77. The van der Waals surface area contributed by atoms with E-state index in [2.05, 4.69) is 0 Å². The number of carboxylic acid groups (broad SMARTS) is 1. The first-order chi connectivity index (χ1) is 6.16. The van der Waals surface area contributed by atoms with E-state index in [9.17, 15) is 4.79 Å². The molecular weight excluding hydrogens is 192 g/mol. The predicted octanol–water partition coefficient (Wildman–Crippen LogP) is 2.12. The van der Waals surface area contributed by atoms with Gasteiger partial charge in [0, 0.05) is 6.42 Å². The van der Waals surface area contributed by atoms with Crippen molar-refractivity contribution in [3.8, 4) is 0 Å². The van der Waals surface area contributed by atoms with Crippen molar-refractivity contribution < 1.29 is 14.3 Å². The number of carboxylic acids is 1. The molecule has 1 aromatic heterocycles. The molecule has 0 bridgehead atoms. The van der Waals surface area contributed by atoms with Crippen molar-refractivity contribution in [2.45, 2.75) is 19.3 Å². The normalized spacial score (nSPS) is 21.2. The minimum atomic E-state index is -0.752. The minimum Gasteiger partial charge on any atom is -0.481 e. The maximum absolute atomic E-state index is 10.7. The van der Waals surface area contributed by atoms with Gasteiger partial charge in [-0.1, -0.05) is 0 Å². The molecule has 0 aromatic carbocycles. The summed E-state index contributed by atoms with van der Waals surface area (Å²) in [5.41, 5.74) is 1.06. The van der Waals surface area contributed by atoms with Gasteiger partial charge in [-0.2, -0.15) is 0 Å². The Kier molecular flexibility index (Phi) is 2.04. The Bertz CT molecular complexity index is 343. The molecule has 0 amide bonds. The third-order valence-electron chi connectivity index (χ3n) is 2.41. The zero-order chi connectivity index (χ0) is 9.42. The van der Waals surface area contributed by atoms with E-state index in [1.165, 1.54) is 0 Å². The van der Waals surface area contributed by atoms with E-state index in [1.807, 2.05) is 0 Å².